The van der Waals surface area contributed by atoms with Crippen LogP contribution in [-0.2, 0) is 18.3 Å². The first kappa shape index (κ1) is 8.74. The van der Waals surface area contributed by atoms with Crippen LogP contribution in [-0.4, -0.2) is 15.7 Å². The predicted octanol–water partition coefficient (Wildman–Crippen LogP) is 0.601. The molecule has 1 heterocycles. The van der Waals surface area contributed by atoms with Gasteiger partial charge in [0, 0.05) is 18.6 Å². The number of benzene rings is 1. The Kier molecular flexibility index (Phi) is 1.96. The summed E-state index contributed by atoms with van der Waals surface area (Å²) in [5, 5.41) is 5.24. The Morgan fingerprint density at radius 2 is 2.36 bits per heavy atom. The summed E-state index contributed by atoms with van der Waals surface area (Å²) in [6, 6.07) is 5.70. The molecule has 1 amide bonds. The molecule has 4 nitrogen and oxygen atoms in total. The summed E-state index contributed by atoms with van der Waals surface area (Å²) in [7, 11) is 1.86. The summed E-state index contributed by atoms with van der Waals surface area (Å²) >= 11 is 0. The van der Waals surface area contributed by atoms with E-state index in [1.807, 2.05) is 31.4 Å². The van der Waals surface area contributed by atoms with Gasteiger partial charge in [-0.1, -0.05) is 12.1 Å². The predicted molar refractivity (Wildman–Crippen MR) is 53.6 cm³/mol. The fourth-order valence-electron chi connectivity index (χ4n) is 1.56. The fraction of sp³-hybridized carbons (Fsp3) is 0.200. The van der Waals surface area contributed by atoms with Crippen LogP contribution in [0.15, 0.2) is 24.4 Å². The lowest BCUT2D eigenvalue weighted by atomic mass is 10.1. The molecule has 4 heteroatoms. The first-order valence-corrected chi connectivity index (χ1v) is 4.36. The Balaban J connectivity index is 2.58. The van der Waals surface area contributed by atoms with E-state index in [0.29, 0.717) is 0 Å². The largest absolute Gasteiger partial charge is 0.369 e. The molecule has 2 aromatic rings. The minimum atomic E-state index is -0.318. The van der Waals surface area contributed by atoms with Gasteiger partial charge in [-0.25, -0.2) is 0 Å². The lowest BCUT2D eigenvalue weighted by molar-refractivity contribution is -0.117. The van der Waals surface area contributed by atoms with Crippen molar-refractivity contribution in [2.75, 3.05) is 0 Å². The highest BCUT2D eigenvalue weighted by Crippen LogP contribution is 2.17. The van der Waals surface area contributed by atoms with Gasteiger partial charge in [-0.2, -0.15) is 5.10 Å². The molecule has 0 aliphatic rings. The van der Waals surface area contributed by atoms with Crippen LogP contribution >= 0.6 is 0 Å². The molecule has 0 aliphatic heterocycles. The van der Waals surface area contributed by atoms with E-state index in [4.69, 9.17) is 5.73 Å². The fourth-order valence-corrected chi connectivity index (χ4v) is 1.56. The van der Waals surface area contributed by atoms with Gasteiger partial charge >= 0.3 is 0 Å². The van der Waals surface area contributed by atoms with Crippen molar-refractivity contribution in [2.24, 2.45) is 12.8 Å². The van der Waals surface area contributed by atoms with Crippen molar-refractivity contribution in [1.82, 2.24) is 9.78 Å². The van der Waals surface area contributed by atoms with Crippen LogP contribution in [0.5, 0.6) is 0 Å². The zero-order valence-corrected chi connectivity index (χ0v) is 7.90. The van der Waals surface area contributed by atoms with Crippen LogP contribution in [0.3, 0.4) is 0 Å². The van der Waals surface area contributed by atoms with Gasteiger partial charge in [-0.3, -0.25) is 9.48 Å². The highest BCUT2D eigenvalue weighted by atomic mass is 16.1. The Labute approximate surface area is 81.3 Å². The number of nitrogens with zero attached hydrogens (tertiary/aromatic N) is 2. The quantitative estimate of drug-likeness (QED) is 0.752. The highest BCUT2D eigenvalue weighted by molar-refractivity contribution is 5.87. The number of rotatable bonds is 2. The highest BCUT2D eigenvalue weighted by Gasteiger charge is 2.05. The molecule has 1 aromatic heterocycles. The minimum Gasteiger partial charge on any atom is -0.369 e. The molecule has 0 unspecified atom stereocenters. The van der Waals surface area contributed by atoms with E-state index in [0.717, 1.165) is 16.5 Å². The number of aryl methyl sites for hydroxylation is 1. The van der Waals surface area contributed by atoms with E-state index in [9.17, 15) is 4.79 Å². The average molecular weight is 189 g/mol. The molecule has 14 heavy (non-hydrogen) atoms. The van der Waals surface area contributed by atoms with Crippen LogP contribution in [0.2, 0.25) is 0 Å². The Morgan fingerprint density at radius 1 is 1.57 bits per heavy atom. The second-order valence-corrected chi connectivity index (χ2v) is 3.30. The number of primary amides is 1. The number of carbonyl (C=O) groups is 1. The average Bonchev–Trinajstić information content (AvgIpc) is 2.45. The summed E-state index contributed by atoms with van der Waals surface area (Å²) in [6.45, 7) is 0. The summed E-state index contributed by atoms with van der Waals surface area (Å²) in [6.07, 6.45) is 2.16. The van der Waals surface area contributed by atoms with Crippen molar-refractivity contribution >= 4 is 16.8 Å². The molecule has 0 bridgehead atoms. The van der Waals surface area contributed by atoms with Gasteiger partial charge in [0.1, 0.15) is 0 Å². The van der Waals surface area contributed by atoms with Gasteiger partial charge in [0.2, 0.25) is 5.91 Å². The molecule has 0 aliphatic carbocycles. The molecular weight excluding hydrogens is 178 g/mol. The molecular formula is C10H11N3O. The van der Waals surface area contributed by atoms with Gasteiger partial charge in [0.05, 0.1) is 11.9 Å². The molecule has 0 atom stereocenters. The van der Waals surface area contributed by atoms with Crippen LogP contribution < -0.4 is 5.73 Å². The van der Waals surface area contributed by atoms with E-state index in [1.165, 1.54) is 0 Å². The topological polar surface area (TPSA) is 60.9 Å². The number of nitrogens with two attached hydrogens (primary N) is 1. The number of fused-ring (bicyclic) bond motifs is 1. The van der Waals surface area contributed by atoms with E-state index in [2.05, 4.69) is 5.10 Å². The Hall–Kier alpha value is -1.84. The van der Waals surface area contributed by atoms with E-state index in [1.54, 1.807) is 4.68 Å². The van der Waals surface area contributed by atoms with Crippen molar-refractivity contribution in [2.45, 2.75) is 6.42 Å². The third kappa shape index (κ3) is 1.46. The summed E-state index contributed by atoms with van der Waals surface area (Å²) < 4.78 is 1.73. The number of carbonyl (C=O) groups excluding carboxylic acids is 1. The second-order valence-electron chi connectivity index (χ2n) is 3.30. The normalized spacial score (nSPS) is 10.6. The minimum absolute atomic E-state index is 0.267. The van der Waals surface area contributed by atoms with Crippen LogP contribution in [0.4, 0.5) is 0 Å². The van der Waals surface area contributed by atoms with E-state index in [-0.39, 0.29) is 12.3 Å². The van der Waals surface area contributed by atoms with Gasteiger partial charge in [-0.05, 0) is 11.6 Å². The summed E-state index contributed by atoms with van der Waals surface area (Å²) in [5.74, 6) is -0.318. The molecule has 0 radical (unpaired) electrons. The molecule has 2 rings (SSSR count). The first-order chi connectivity index (χ1) is 6.66. The zero-order valence-electron chi connectivity index (χ0n) is 7.90. The molecule has 0 saturated carbocycles. The Morgan fingerprint density at radius 3 is 3.07 bits per heavy atom. The van der Waals surface area contributed by atoms with Crippen LogP contribution in [0.25, 0.3) is 10.9 Å². The number of amides is 1. The summed E-state index contributed by atoms with van der Waals surface area (Å²) in [4.78, 5) is 10.8. The van der Waals surface area contributed by atoms with Crippen molar-refractivity contribution < 1.29 is 4.79 Å². The zero-order chi connectivity index (χ0) is 10.1. The maximum atomic E-state index is 10.8. The van der Waals surface area contributed by atoms with Crippen LogP contribution in [0, 0.1) is 0 Å². The standard InChI is InChI=1S/C10H11N3O/c1-13-6-8-7(5-10(11)14)3-2-4-9(8)12-13/h2-4,6H,5H2,1H3,(H2,11,14). The molecule has 2 N–H and O–H groups in total. The van der Waals surface area contributed by atoms with Crippen molar-refractivity contribution in [3.63, 3.8) is 0 Å². The molecule has 72 valence electrons. The lowest BCUT2D eigenvalue weighted by Gasteiger charge is -1.97. The van der Waals surface area contributed by atoms with Crippen molar-refractivity contribution in [1.29, 1.82) is 0 Å². The third-order valence-electron chi connectivity index (χ3n) is 2.12. The van der Waals surface area contributed by atoms with Gasteiger partial charge < -0.3 is 5.73 Å². The maximum absolute atomic E-state index is 10.8. The third-order valence-corrected chi connectivity index (χ3v) is 2.12. The van der Waals surface area contributed by atoms with Gasteiger partial charge in [0.25, 0.3) is 0 Å². The number of hydrogen-bond acceptors (Lipinski definition) is 2. The van der Waals surface area contributed by atoms with Crippen molar-refractivity contribution in [3.05, 3.63) is 30.0 Å². The molecule has 0 saturated heterocycles. The maximum Gasteiger partial charge on any atom is 0.221 e. The van der Waals surface area contributed by atoms with E-state index >= 15 is 0 Å². The molecule has 0 spiro atoms. The SMILES string of the molecule is Cn1cc2c(CC(N)=O)cccc2n1. The summed E-state index contributed by atoms with van der Waals surface area (Å²) in [5.41, 5.74) is 6.98. The van der Waals surface area contributed by atoms with E-state index < -0.39 is 0 Å². The first-order valence-electron chi connectivity index (χ1n) is 4.36. The lowest BCUT2D eigenvalue weighted by Crippen LogP contribution is -2.13. The molecule has 1 aromatic carbocycles. The number of hydrogen-bond donors (Lipinski definition) is 1. The van der Waals surface area contributed by atoms with Crippen molar-refractivity contribution in [3.8, 4) is 0 Å². The smallest absolute Gasteiger partial charge is 0.221 e. The number of aromatic nitrogens is 2. The monoisotopic (exact) mass is 189 g/mol. The van der Waals surface area contributed by atoms with Crippen LogP contribution in [0.1, 0.15) is 5.56 Å². The molecule has 0 fully saturated rings. The second kappa shape index (κ2) is 3.14. The van der Waals surface area contributed by atoms with Gasteiger partial charge in [-0.15, -0.1) is 0 Å². The Bertz CT molecular complexity index is 487. The van der Waals surface area contributed by atoms with Gasteiger partial charge in [0.15, 0.2) is 0 Å².